The summed E-state index contributed by atoms with van der Waals surface area (Å²) in [5.74, 6) is 0. The van der Waals surface area contributed by atoms with Gasteiger partial charge in [0, 0.05) is 16.5 Å². The third-order valence-electron chi connectivity index (χ3n) is 9.22. The van der Waals surface area contributed by atoms with Gasteiger partial charge in [0.1, 0.15) is 0 Å². The minimum Gasteiger partial charge on any atom is -0.247 e. The molecule has 0 radical (unpaired) electrons. The highest BCUT2D eigenvalue weighted by Gasteiger charge is 2.12. The molecule has 0 amide bonds. The molecule has 1 nitrogen and oxygen atoms in total. The molecule has 0 bridgehead atoms. The maximum absolute atomic E-state index is 5.22. The summed E-state index contributed by atoms with van der Waals surface area (Å²) < 4.78 is 0. The molecule has 1 heteroatoms. The Kier molecular flexibility index (Phi) is 6.21. The molecule has 0 spiro atoms. The molecule has 0 saturated heterocycles. The van der Waals surface area contributed by atoms with Crippen molar-refractivity contribution < 1.29 is 0 Å². The molecule has 0 N–H and O–H groups in total. The molecule has 0 saturated carbocycles. The van der Waals surface area contributed by atoms with Crippen LogP contribution in [-0.4, -0.2) is 4.98 Å². The van der Waals surface area contributed by atoms with Gasteiger partial charge >= 0.3 is 0 Å². The normalized spacial score (nSPS) is 11.5. The minimum atomic E-state index is 0.976. The minimum absolute atomic E-state index is 0.976. The number of benzene rings is 8. The van der Waals surface area contributed by atoms with Crippen LogP contribution in [0.1, 0.15) is 0 Å². The van der Waals surface area contributed by atoms with E-state index in [1.165, 1.54) is 60.0 Å². The number of aromatic nitrogens is 1. The lowest BCUT2D eigenvalue weighted by atomic mass is 9.91. The summed E-state index contributed by atoms with van der Waals surface area (Å²) in [6.07, 6.45) is 0. The average molecular weight is 584 g/mol. The SMILES string of the molecule is c1ccc(-c2nc(-c3cccc(-c4cccc(-c5ccc6c7ccccc7c7ccccc7c6c5)c4)c3)cc3ccccc23)cc1. The molecule has 0 aliphatic heterocycles. The molecule has 0 unspecified atom stereocenters. The molecule has 214 valence electrons. The summed E-state index contributed by atoms with van der Waals surface area (Å²) in [5, 5.41) is 10.1. The summed E-state index contributed by atoms with van der Waals surface area (Å²) in [5.41, 5.74) is 9.00. The number of rotatable bonds is 4. The first-order valence-corrected chi connectivity index (χ1v) is 15.8. The molecule has 8 aromatic carbocycles. The number of hydrogen-bond acceptors (Lipinski definition) is 1. The highest BCUT2D eigenvalue weighted by molar-refractivity contribution is 6.25. The molecular weight excluding hydrogens is 555 g/mol. The van der Waals surface area contributed by atoms with Gasteiger partial charge in [0.05, 0.1) is 11.4 Å². The van der Waals surface area contributed by atoms with Crippen LogP contribution in [0.3, 0.4) is 0 Å². The monoisotopic (exact) mass is 583 g/mol. The second kappa shape index (κ2) is 10.8. The lowest BCUT2D eigenvalue weighted by molar-refractivity contribution is 1.35. The van der Waals surface area contributed by atoms with Crippen molar-refractivity contribution in [2.45, 2.75) is 0 Å². The first-order chi connectivity index (χ1) is 22.8. The van der Waals surface area contributed by atoms with Crippen molar-refractivity contribution in [1.82, 2.24) is 4.98 Å². The second-order valence-corrected chi connectivity index (χ2v) is 12.0. The van der Waals surface area contributed by atoms with Gasteiger partial charge in [-0.3, -0.25) is 0 Å². The highest BCUT2D eigenvalue weighted by Crippen LogP contribution is 2.38. The summed E-state index contributed by atoms with van der Waals surface area (Å²) >= 11 is 0. The fourth-order valence-corrected chi connectivity index (χ4v) is 6.99. The van der Waals surface area contributed by atoms with Crippen molar-refractivity contribution in [1.29, 1.82) is 0 Å². The van der Waals surface area contributed by atoms with Crippen LogP contribution in [0.15, 0.2) is 176 Å². The van der Waals surface area contributed by atoms with Crippen molar-refractivity contribution in [2.75, 3.05) is 0 Å². The number of hydrogen-bond donors (Lipinski definition) is 0. The lowest BCUT2D eigenvalue weighted by Crippen LogP contribution is -1.91. The van der Waals surface area contributed by atoms with Crippen molar-refractivity contribution in [3.63, 3.8) is 0 Å². The smallest absolute Gasteiger partial charge is 0.0787 e. The van der Waals surface area contributed by atoms with Gasteiger partial charge in [-0.1, -0.05) is 152 Å². The molecule has 1 heterocycles. The van der Waals surface area contributed by atoms with Crippen molar-refractivity contribution in [3.8, 4) is 44.8 Å². The van der Waals surface area contributed by atoms with Gasteiger partial charge in [0.15, 0.2) is 0 Å². The molecule has 0 atom stereocenters. The van der Waals surface area contributed by atoms with Crippen LogP contribution in [0.4, 0.5) is 0 Å². The summed E-state index contributed by atoms with van der Waals surface area (Å²) in [6, 6.07) is 63.3. The quantitative estimate of drug-likeness (QED) is 0.188. The zero-order valence-electron chi connectivity index (χ0n) is 25.2. The van der Waals surface area contributed by atoms with E-state index in [9.17, 15) is 0 Å². The molecule has 0 aliphatic rings. The molecule has 0 fully saturated rings. The standard InChI is InChI=1S/C45H29N/c1-2-12-30(13-3-1)45-37-19-5-4-14-35(37)29-44(46-45)36-18-11-17-33(27-36)31-15-10-16-32(26-31)34-24-25-42-40-22-7-6-20-38(40)39-21-8-9-23-41(39)43(42)28-34/h1-29H. The number of nitrogens with zero attached hydrogens (tertiary/aromatic N) is 1. The van der Waals surface area contributed by atoms with E-state index in [1.807, 2.05) is 0 Å². The van der Waals surface area contributed by atoms with E-state index >= 15 is 0 Å². The Morgan fingerprint density at radius 2 is 0.717 bits per heavy atom. The van der Waals surface area contributed by atoms with E-state index in [1.54, 1.807) is 0 Å². The maximum atomic E-state index is 5.22. The number of pyridine rings is 1. The molecule has 46 heavy (non-hydrogen) atoms. The molecule has 9 rings (SSSR count). The first-order valence-electron chi connectivity index (χ1n) is 15.8. The summed E-state index contributed by atoms with van der Waals surface area (Å²) in [6.45, 7) is 0. The van der Waals surface area contributed by atoms with Gasteiger partial charge in [-0.05, 0) is 84.2 Å². The Balaban J connectivity index is 1.15. The third kappa shape index (κ3) is 4.45. The van der Waals surface area contributed by atoms with Gasteiger partial charge in [0.2, 0.25) is 0 Å². The Morgan fingerprint density at radius 3 is 1.37 bits per heavy atom. The van der Waals surface area contributed by atoms with Crippen LogP contribution in [0, 0.1) is 0 Å². The van der Waals surface area contributed by atoms with Crippen LogP contribution in [-0.2, 0) is 0 Å². The van der Waals surface area contributed by atoms with E-state index in [-0.39, 0.29) is 0 Å². The average Bonchev–Trinajstić information content (AvgIpc) is 3.15. The zero-order chi connectivity index (χ0) is 30.5. The molecule has 0 aliphatic carbocycles. The molecular formula is C45H29N. The van der Waals surface area contributed by atoms with Crippen LogP contribution < -0.4 is 0 Å². The Labute approximate surface area is 268 Å². The van der Waals surface area contributed by atoms with E-state index in [4.69, 9.17) is 4.98 Å². The van der Waals surface area contributed by atoms with Crippen molar-refractivity contribution in [2.24, 2.45) is 0 Å². The van der Waals surface area contributed by atoms with Crippen molar-refractivity contribution >= 4 is 43.1 Å². The number of fused-ring (bicyclic) bond motifs is 7. The Morgan fingerprint density at radius 1 is 0.261 bits per heavy atom. The predicted octanol–water partition coefficient (Wildman–Crippen LogP) is 12.4. The first kappa shape index (κ1) is 26.4. The topological polar surface area (TPSA) is 12.9 Å². The zero-order valence-corrected chi connectivity index (χ0v) is 25.2. The van der Waals surface area contributed by atoms with Gasteiger partial charge < -0.3 is 0 Å². The van der Waals surface area contributed by atoms with E-state index < -0.39 is 0 Å². The van der Waals surface area contributed by atoms with Crippen molar-refractivity contribution in [3.05, 3.63) is 176 Å². The van der Waals surface area contributed by atoms with Crippen LogP contribution >= 0.6 is 0 Å². The van der Waals surface area contributed by atoms with Crippen LogP contribution in [0.2, 0.25) is 0 Å². The fraction of sp³-hybridized carbons (Fsp3) is 0. The largest absolute Gasteiger partial charge is 0.247 e. The highest BCUT2D eigenvalue weighted by atomic mass is 14.7. The van der Waals surface area contributed by atoms with E-state index in [0.29, 0.717) is 0 Å². The van der Waals surface area contributed by atoms with Gasteiger partial charge in [-0.2, -0.15) is 0 Å². The third-order valence-corrected chi connectivity index (χ3v) is 9.22. The van der Waals surface area contributed by atoms with Gasteiger partial charge in [-0.25, -0.2) is 4.98 Å². The van der Waals surface area contributed by atoms with Gasteiger partial charge in [0.25, 0.3) is 0 Å². The second-order valence-electron chi connectivity index (χ2n) is 12.0. The van der Waals surface area contributed by atoms with Crippen LogP contribution in [0.5, 0.6) is 0 Å². The lowest BCUT2D eigenvalue weighted by Gasteiger charge is -2.13. The summed E-state index contributed by atoms with van der Waals surface area (Å²) in [7, 11) is 0. The predicted molar refractivity (Wildman–Crippen MR) is 196 cm³/mol. The maximum Gasteiger partial charge on any atom is 0.0787 e. The van der Waals surface area contributed by atoms with Crippen LogP contribution in [0.25, 0.3) is 87.9 Å². The fourth-order valence-electron chi connectivity index (χ4n) is 6.99. The Hall–Kier alpha value is -6.05. The Bertz CT molecular complexity index is 2540. The van der Waals surface area contributed by atoms with E-state index in [0.717, 1.165) is 27.9 Å². The summed E-state index contributed by atoms with van der Waals surface area (Å²) in [4.78, 5) is 5.22. The van der Waals surface area contributed by atoms with E-state index in [2.05, 4.69) is 176 Å². The molecule has 9 aromatic rings. The van der Waals surface area contributed by atoms with Gasteiger partial charge in [-0.15, -0.1) is 0 Å². The molecule has 1 aromatic heterocycles.